The standard InChI is InChI=1S/C12H17N3O3/c13-12-5-8(14-15-12)3-4-16-9-1-2-10-11(6-9)18-7-17-10/h1-2,6,8,12,14-15H,3-5,7,13H2. The molecule has 0 radical (unpaired) electrons. The molecule has 1 saturated heterocycles. The van der Waals surface area contributed by atoms with E-state index in [1.165, 1.54) is 0 Å². The first kappa shape index (κ1) is 11.6. The van der Waals surface area contributed by atoms with Crippen LogP contribution in [0.25, 0.3) is 0 Å². The second kappa shape index (κ2) is 5.01. The van der Waals surface area contributed by atoms with Gasteiger partial charge < -0.3 is 19.9 Å². The molecule has 2 heterocycles. The number of nitrogens with one attached hydrogen (secondary N) is 2. The molecular formula is C12H17N3O3. The zero-order valence-corrected chi connectivity index (χ0v) is 10.0. The Morgan fingerprint density at radius 1 is 1.28 bits per heavy atom. The van der Waals surface area contributed by atoms with Crippen LogP contribution in [0.1, 0.15) is 12.8 Å². The number of hydrogen-bond acceptors (Lipinski definition) is 6. The number of rotatable bonds is 4. The fraction of sp³-hybridized carbons (Fsp3) is 0.500. The van der Waals surface area contributed by atoms with Crippen LogP contribution < -0.4 is 30.8 Å². The first-order valence-electron chi connectivity index (χ1n) is 6.10. The summed E-state index contributed by atoms with van der Waals surface area (Å²) in [6.45, 7) is 0.931. The molecule has 0 aliphatic carbocycles. The highest BCUT2D eigenvalue weighted by Gasteiger charge is 2.20. The van der Waals surface area contributed by atoms with E-state index < -0.39 is 0 Å². The highest BCUT2D eigenvalue weighted by molar-refractivity contribution is 5.46. The van der Waals surface area contributed by atoms with Gasteiger partial charge in [0.25, 0.3) is 0 Å². The normalized spacial score (nSPS) is 25.4. The van der Waals surface area contributed by atoms with E-state index in [0.29, 0.717) is 12.6 Å². The molecule has 6 nitrogen and oxygen atoms in total. The van der Waals surface area contributed by atoms with Crippen LogP contribution in [0.3, 0.4) is 0 Å². The summed E-state index contributed by atoms with van der Waals surface area (Å²) in [7, 11) is 0. The molecule has 6 heteroatoms. The van der Waals surface area contributed by atoms with Gasteiger partial charge in [0.05, 0.1) is 12.8 Å². The summed E-state index contributed by atoms with van der Waals surface area (Å²) in [4.78, 5) is 0. The lowest BCUT2D eigenvalue weighted by Crippen LogP contribution is -2.37. The number of benzene rings is 1. The Morgan fingerprint density at radius 2 is 2.17 bits per heavy atom. The van der Waals surface area contributed by atoms with E-state index in [1.54, 1.807) is 0 Å². The third kappa shape index (κ3) is 2.50. The predicted octanol–water partition coefficient (Wildman–Crippen LogP) is 0.335. The molecule has 18 heavy (non-hydrogen) atoms. The topological polar surface area (TPSA) is 77.8 Å². The van der Waals surface area contributed by atoms with Gasteiger partial charge in [0.15, 0.2) is 11.5 Å². The second-order valence-corrected chi connectivity index (χ2v) is 4.48. The lowest BCUT2D eigenvalue weighted by Gasteiger charge is -2.10. The molecule has 0 aromatic heterocycles. The Morgan fingerprint density at radius 3 is 3.00 bits per heavy atom. The van der Waals surface area contributed by atoms with E-state index in [4.69, 9.17) is 19.9 Å². The Hall–Kier alpha value is -1.50. The van der Waals surface area contributed by atoms with Crippen LogP contribution in [0.5, 0.6) is 17.2 Å². The minimum atomic E-state index is 0.0422. The van der Waals surface area contributed by atoms with Gasteiger partial charge in [-0.05, 0) is 25.0 Å². The molecule has 0 bridgehead atoms. The fourth-order valence-corrected chi connectivity index (χ4v) is 2.12. The van der Waals surface area contributed by atoms with Crippen LogP contribution in [-0.4, -0.2) is 25.6 Å². The molecule has 2 unspecified atom stereocenters. The highest BCUT2D eigenvalue weighted by atomic mass is 16.7. The maximum atomic E-state index is 5.72. The molecule has 1 aromatic carbocycles. The maximum Gasteiger partial charge on any atom is 0.231 e. The first-order valence-corrected chi connectivity index (χ1v) is 6.10. The molecule has 2 atom stereocenters. The van der Waals surface area contributed by atoms with Gasteiger partial charge in [-0.2, -0.15) is 0 Å². The third-order valence-electron chi connectivity index (χ3n) is 3.09. The molecule has 98 valence electrons. The zero-order valence-electron chi connectivity index (χ0n) is 10.0. The van der Waals surface area contributed by atoms with Crippen molar-refractivity contribution in [1.29, 1.82) is 0 Å². The molecule has 1 aromatic rings. The monoisotopic (exact) mass is 251 g/mol. The number of nitrogens with two attached hydrogens (primary N) is 1. The van der Waals surface area contributed by atoms with Crippen molar-refractivity contribution in [3.8, 4) is 17.2 Å². The van der Waals surface area contributed by atoms with Crippen molar-refractivity contribution in [3.63, 3.8) is 0 Å². The van der Waals surface area contributed by atoms with E-state index in [0.717, 1.165) is 30.1 Å². The van der Waals surface area contributed by atoms with Crippen molar-refractivity contribution in [2.75, 3.05) is 13.4 Å². The number of hydrazine groups is 1. The summed E-state index contributed by atoms with van der Waals surface area (Å²) >= 11 is 0. The van der Waals surface area contributed by atoms with Crippen molar-refractivity contribution in [1.82, 2.24) is 10.9 Å². The summed E-state index contributed by atoms with van der Waals surface area (Å²) in [5.74, 6) is 2.32. The molecule has 2 aliphatic rings. The van der Waals surface area contributed by atoms with Gasteiger partial charge in [-0.25, -0.2) is 5.43 Å². The van der Waals surface area contributed by atoms with Crippen molar-refractivity contribution < 1.29 is 14.2 Å². The summed E-state index contributed by atoms with van der Waals surface area (Å²) in [5, 5.41) is 0. The summed E-state index contributed by atoms with van der Waals surface area (Å²) in [5.41, 5.74) is 11.8. The number of ether oxygens (including phenoxy) is 3. The van der Waals surface area contributed by atoms with Crippen molar-refractivity contribution in [3.05, 3.63) is 18.2 Å². The quantitative estimate of drug-likeness (QED) is 0.716. The predicted molar refractivity (Wildman–Crippen MR) is 65.3 cm³/mol. The maximum absolute atomic E-state index is 5.72. The van der Waals surface area contributed by atoms with E-state index in [1.807, 2.05) is 18.2 Å². The van der Waals surface area contributed by atoms with E-state index in [9.17, 15) is 0 Å². The Balaban J connectivity index is 1.48. The molecule has 1 fully saturated rings. The fourth-order valence-electron chi connectivity index (χ4n) is 2.12. The largest absolute Gasteiger partial charge is 0.493 e. The van der Waals surface area contributed by atoms with Gasteiger partial charge in [-0.1, -0.05) is 0 Å². The molecule has 0 spiro atoms. The summed E-state index contributed by atoms with van der Waals surface area (Å²) in [6.07, 6.45) is 1.88. The van der Waals surface area contributed by atoms with Crippen molar-refractivity contribution in [2.45, 2.75) is 25.0 Å². The van der Waals surface area contributed by atoms with Gasteiger partial charge in [-0.15, -0.1) is 0 Å². The van der Waals surface area contributed by atoms with Crippen LogP contribution in [0.2, 0.25) is 0 Å². The Labute approximate surface area is 105 Å². The molecule has 4 N–H and O–H groups in total. The van der Waals surface area contributed by atoms with Crippen LogP contribution in [0.15, 0.2) is 18.2 Å². The van der Waals surface area contributed by atoms with Crippen LogP contribution in [0, 0.1) is 0 Å². The van der Waals surface area contributed by atoms with Gasteiger partial charge in [0.1, 0.15) is 5.75 Å². The first-order chi connectivity index (χ1) is 8.81. The van der Waals surface area contributed by atoms with Gasteiger partial charge in [-0.3, -0.25) is 5.43 Å². The number of fused-ring (bicyclic) bond motifs is 1. The third-order valence-corrected chi connectivity index (χ3v) is 3.09. The van der Waals surface area contributed by atoms with Crippen molar-refractivity contribution in [2.24, 2.45) is 5.73 Å². The minimum absolute atomic E-state index is 0.0422. The van der Waals surface area contributed by atoms with Crippen LogP contribution in [-0.2, 0) is 0 Å². The van der Waals surface area contributed by atoms with E-state index in [2.05, 4.69) is 10.9 Å². The molecule has 3 rings (SSSR count). The Bertz CT molecular complexity index is 427. The van der Waals surface area contributed by atoms with Crippen LogP contribution >= 0.6 is 0 Å². The lowest BCUT2D eigenvalue weighted by molar-refractivity contribution is 0.173. The van der Waals surface area contributed by atoms with E-state index in [-0.39, 0.29) is 13.0 Å². The van der Waals surface area contributed by atoms with E-state index >= 15 is 0 Å². The Kier molecular flexibility index (Phi) is 3.22. The lowest BCUT2D eigenvalue weighted by atomic mass is 10.1. The molecule has 0 saturated carbocycles. The average Bonchev–Trinajstić information content (AvgIpc) is 2.97. The highest BCUT2D eigenvalue weighted by Crippen LogP contribution is 2.35. The van der Waals surface area contributed by atoms with Gasteiger partial charge in [0, 0.05) is 12.1 Å². The smallest absolute Gasteiger partial charge is 0.231 e. The van der Waals surface area contributed by atoms with Crippen LogP contribution in [0.4, 0.5) is 0 Å². The second-order valence-electron chi connectivity index (χ2n) is 4.48. The number of hydrogen-bond donors (Lipinski definition) is 3. The summed E-state index contributed by atoms with van der Waals surface area (Å²) in [6, 6.07) is 5.98. The SMILES string of the molecule is NC1CC(CCOc2ccc3c(c2)OCO3)NN1. The average molecular weight is 251 g/mol. The molecule has 0 amide bonds. The zero-order chi connectivity index (χ0) is 12.4. The molecule has 2 aliphatic heterocycles. The molecular weight excluding hydrogens is 234 g/mol. The van der Waals surface area contributed by atoms with Crippen molar-refractivity contribution >= 4 is 0 Å². The summed E-state index contributed by atoms with van der Waals surface area (Å²) < 4.78 is 16.2. The van der Waals surface area contributed by atoms with Gasteiger partial charge >= 0.3 is 0 Å². The minimum Gasteiger partial charge on any atom is -0.493 e. The van der Waals surface area contributed by atoms with Gasteiger partial charge in [0.2, 0.25) is 6.79 Å².